The fraction of sp³-hybridized carbons (Fsp3) is 0.0625. The molecule has 0 spiro atoms. The minimum atomic E-state index is -0.395. The SMILES string of the molecule is O=c1ccc2ccc(OCc3c(Cl)cccc3Cl)cc2o1. The molecule has 0 bridgehead atoms. The van der Waals surface area contributed by atoms with E-state index in [4.69, 9.17) is 32.4 Å². The first-order valence-electron chi connectivity index (χ1n) is 6.23. The van der Waals surface area contributed by atoms with Crippen LogP contribution >= 0.6 is 23.2 Å². The van der Waals surface area contributed by atoms with Crippen molar-refractivity contribution in [1.82, 2.24) is 0 Å². The van der Waals surface area contributed by atoms with Crippen molar-refractivity contribution >= 4 is 34.2 Å². The van der Waals surface area contributed by atoms with Crippen LogP contribution in [0.15, 0.2) is 57.7 Å². The third-order valence-electron chi connectivity index (χ3n) is 3.04. The van der Waals surface area contributed by atoms with Gasteiger partial charge in [-0.25, -0.2) is 4.79 Å². The molecule has 0 aliphatic rings. The van der Waals surface area contributed by atoms with Gasteiger partial charge in [-0.1, -0.05) is 29.3 Å². The van der Waals surface area contributed by atoms with E-state index in [1.54, 1.807) is 36.4 Å². The molecule has 0 atom stereocenters. The third kappa shape index (κ3) is 3.04. The van der Waals surface area contributed by atoms with Crippen LogP contribution in [0.1, 0.15) is 5.56 Å². The number of halogens is 2. The van der Waals surface area contributed by atoms with Gasteiger partial charge >= 0.3 is 5.63 Å². The monoisotopic (exact) mass is 320 g/mol. The van der Waals surface area contributed by atoms with E-state index in [0.29, 0.717) is 21.4 Å². The maximum absolute atomic E-state index is 11.2. The molecule has 21 heavy (non-hydrogen) atoms. The molecule has 3 aromatic rings. The van der Waals surface area contributed by atoms with Gasteiger partial charge in [0.15, 0.2) is 0 Å². The Morgan fingerprint density at radius 3 is 2.48 bits per heavy atom. The summed E-state index contributed by atoms with van der Waals surface area (Å²) in [6.45, 7) is 0.237. The van der Waals surface area contributed by atoms with Gasteiger partial charge in [0, 0.05) is 33.1 Å². The van der Waals surface area contributed by atoms with Crippen molar-refractivity contribution in [2.75, 3.05) is 0 Å². The van der Waals surface area contributed by atoms with E-state index < -0.39 is 5.63 Å². The Balaban J connectivity index is 1.87. The fourth-order valence-corrected chi connectivity index (χ4v) is 2.46. The highest BCUT2D eigenvalue weighted by Crippen LogP contribution is 2.26. The Kier molecular flexibility index (Phi) is 3.86. The molecule has 0 radical (unpaired) electrons. The summed E-state index contributed by atoms with van der Waals surface area (Å²) in [7, 11) is 0. The summed E-state index contributed by atoms with van der Waals surface area (Å²) < 4.78 is 10.8. The Labute approximate surface area is 130 Å². The molecule has 0 aliphatic heterocycles. The lowest BCUT2D eigenvalue weighted by atomic mass is 10.2. The van der Waals surface area contributed by atoms with Crippen molar-refractivity contribution in [1.29, 1.82) is 0 Å². The number of benzene rings is 2. The Morgan fingerprint density at radius 2 is 1.71 bits per heavy atom. The highest BCUT2D eigenvalue weighted by Gasteiger charge is 2.07. The van der Waals surface area contributed by atoms with E-state index in [1.807, 2.05) is 6.07 Å². The zero-order valence-electron chi connectivity index (χ0n) is 10.8. The van der Waals surface area contributed by atoms with Crippen LogP contribution in [-0.2, 0) is 6.61 Å². The van der Waals surface area contributed by atoms with Gasteiger partial charge in [-0.2, -0.15) is 0 Å². The molecule has 0 aliphatic carbocycles. The number of hydrogen-bond donors (Lipinski definition) is 0. The lowest BCUT2D eigenvalue weighted by molar-refractivity contribution is 0.306. The van der Waals surface area contributed by atoms with E-state index in [1.165, 1.54) is 6.07 Å². The first-order chi connectivity index (χ1) is 10.1. The molecule has 5 heteroatoms. The molecule has 0 N–H and O–H groups in total. The van der Waals surface area contributed by atoms with Crippen molar-refractivity contribution in [3.8, 4) is 5.75 Å². The van der Waals surface area contributed by atoms with E-state index in [-0.39, 0.29) is 6.61 Å². The lowest BCUT2D eigenvalue weighted by Gasteiger charge is -2.09. The van der Waals surface area contributed by atoms with Crippen molar-refractivity contribution in [2.24, 2.45) is 0 Å². The largest absolute Gasteiger partial charge is 0.489 e. The average molecular weight is 321 g/mol. The molecule has 106 valence electrons. The lowest BCUT2D eigenvalue weighted by Crippen LogP contribution is -1.98. The molecule has 0 unspecified atom stereocenters. The van der Waals surface area contributed by atoms with Crippen molar-refractivity contribution in [3.63, 3.8) is 0 Å². The van der Waals surface area contributed by atoms with Crippen LogP contribution < -0.4 is 10.4 Å². The fourth-order valence-electron chi connectivity index (χ4n) is 1.96. The van der Waals surface area contributed by atoms with Crippen LogP contribution in [0.2, 0.25) is 10.0 Å². The second kappa shape index (κ2) is 5.80. The summed E-state index contributed by atoms with van der Waals surface area (Å²) in [5.74, 6) is 0.577. The highest BCUT2D eigenvalue weighted by atomic mass is 35.5. The Hall–Kier alpha value is -1.97. The molecule has 0 amide bonds. The molecule has 0 fully saturated rings. The summed E-state index contributed by atoms with van der Waals surface area (Å²) >= 11 is 12.2. The molecule has 2 aromatic carbocycles. The summed E-state index contributed by atoms with van der Waals surface area (Å²) in [5, 5.41) is 1.93. The third-order valence-corrected chi connectivity index (χ3v) is 3.75. The smallest absolute Gasteiger partial charge is 0.336 e. The normalized spacial score (nSPS) is 10.8. The molecule has 1 heterocycles. The first-order valence-corrected chi connectivity index (χ1v) is 6.99. The topological polar surface area (TPSA) is 39.4 Å². The summed E-state index contributed by atoms with van der Waals surface area (Å²) in [6, 6.07) is 13.7. The highest BCUT2D eigenvalue weighted by molar-refractivity contribution is 6.35. The van der Waals surface area contributed by atoms with Crippen LogP contribution in [0.25, 0.3) is 11.0 Å². The summed E-state index contributed by atoms with van der Waals surface area (Å²) in [4.78, 5) is 11.2. The predicted molar refractivity (Wildman–Crippen MR) is 83.3 cm³/mol. The van der Waals surface area contributed by atoms with Gasteiger partial charge in [-0.15, -0.1) is 0 Å². The van der Waals surface area contributed by atoms with Gasteiger partial charge in [0.05, 0.1) is 0 Å². The summed E-state index contributed by atoms with van der Waals surface area (Å²) in [6.07, 6.45) is 0. The molecule has 1 aromatic heterocycles. The van der Waals surface area contributed by atoms with E-state index >= 15 is 0 Å². The van der Waals surface area contributed by atoms with Gasteiger partial charge in [-0.3, -0.25) is 0 Å². The molecular weight excluding hydrogens is 311 g/mol. The second-order valence-electron chi connectivity index (χ2n) is 4.44. The van der Waals surface area contributed by atoms with Crippen LogP contribution in [0.4, 0.5) is 0 Å². The first kappa shape index (κ1) is 14.0. The van der Waals surface area contributed by atoms with Gasteiger partial charge in [0.1, 0.15) is 17.9 Å². The van der Waals surface area contributed by atoms with Crippen LogP contribution in [-0.4, -0.2) is 0 Å². The minimum absolute atomic E-state index is 0.237. The van der Waals surface area contributed by atoms with Gasteiger partial charge < -0.3 is 9.15 Å². The maximum Gasteiger partial charge on any atom is 0.336 e. The molecular formula is C16H10Cl2O3. The molecule has 0 saturated heterocycles. The molecule has 3 rings (SSSR count). The van der Waals surface area contributed by atoms with E-state index in [2.05, 4.69) is 0 Å². The van der Waals surface area contributed by atoms with Gasteiger partial charge in [0.2, 0.25) is 0 Å². The molecule has 0 saturated carbocycles. The quantitative estimate of drug-likeness (QED) is 0.658. The zero-order chi connectivity index (χ0) is 14.8. The number of rotatable bonds is 3. The van der Waals surface area contributed by atoms with Gasteiger partial charge in [0.25, 0.3) is 0 Å². The van der Waals surface area contributed by atoms with Crippen LogP contribution in [0.5, 0.6) is 5.75 Å². The zero-order valence-corrected chi connectivity index (χ0v) is 12.3. The van der Waals surface area contributed by atoms with Crippen molar-refractivity contribution < 1.29 is 9.15 Å². The van der Waals surface area contributed by atoms with Crippen LogP contribution in [0.3, 0.4) is 0 Å². The Morgan fingerprint density at radius 1 is 1.00 bits per heavy atom. The van der Waals surface area contributed by atoms with Crippen LogP contribution in [0, 0.1) is 0 Å². The second-order valence-corrected chi connectivity index (χ2v) is 5.26. The number of fused-ring (bicyclic) bond motifs is 1. The van der Waals surface area contributed by atoms with E-state index in [0.717, 1.165) is 10.9 Å². The van der Waals surface area contributed by atoms with E-state index in [9.17, 15) is 4.79 Å². The molecule has 3 nitrogen and oxygen atoms in total. The standard InChI is InChI=1S/C16H10Cl2O3/c17-13-2-1-3-14(18)12(13)9-20-11-6-4-10-5-7-16(19)21-15(10)8-11/h1-8H,9H2. The number of ether oxygens (including phenoxy) is 1. The van der Waals surface area contributed by atoms with Crippen molar-refractivity contribution in [2.45, 2.75) is 6.61 Å². The minimum Gasteiger partial charge on any atom is -0.489 e. The summed E-state index contributed by atoms with van der Waals surface area (Å²) in [5.41, 5.74) is 0.800. The predicted octanol–water partition coefficient (Wildman–Crippen LogP) is 4.68. The Bertz CT molecular complexity index is 835. The van der Waals surface area contributed by atoms with Gasteiger partial charge in [-0.05, 0) is 30.3 Å². The maximum atomic E-state index is 11.2. The average Bonchev–Trinajstić information content (AvgIpc) is 2.46. The van der Waals surface area contributed by atoms with Crippen molar-refractivity contribution in [3.05, 3.63) is 74.6 Å². The number of hydrogen-bond acceptors (Lipinski definition) is 3.